The molecule has 2 N–H and O–H groups in total. The van der Waals surface area contributed by atoms with Gasteiger partial charge >= 0.3 is 11.8 Å². The second kappa shape index (κ2) is 5.35. The molecule has 0 spiro atoms. The van der Waals surface area contributed by atoms with Gasteiger partial charge in [0.2, 0.25) is 0 Å². The molecular formula is C17H17NO4. The van der Waals surface area contributed by atoms with E-state index in [2.05, 4.69) is 5.32 Å². The van der Waals surface area contributed by atoms with Crippen LogP contribution < -0.4 is 10.1 Å². The summed E-state index contributed by atoms with van der Waals surface area (Å²) < 4.78 is 10.3. The molecule has 5 nitrogen and oxygen atoms in total. The summed E-state index contributed by atoms with van der Waals surface area (Å²) in [5.74, 6) is -2.57. The Morgan fingerprint density at radius 2 is 1.91 bits per heavy atom. The van der Waals surface area contributed by atoms with E-state index in [1.165, 1.54) is 7.11 Å². The zero-order valence-corrected chi connectivity index (χ0v) is 12.4. The van der Waals surface area contributed by atoms with Gasteiger partial charge in [-0.15, -0.1) is 0 Å². The average Bonchev–Trinajstić information content (AvgIpc) is 2.54. The lowest BCUT2D eigenvalue weighted by Crippen LogP contribution is -2.55. The Balaban J connectivity index is 2.08. The number of carbonyl (C=O) groups excluding carboxylic acids is 1. The molecule has 2 aromatic carbocycles. The fraction of sp³-hybridized carbons (Fsp3) is 0.235. The minimum absolute atomic E-state index is 0.402. The second-order valence-corrected chi connectivity index (χ2v) is 5.27. The van der Waals surface area contributed by atoms with Crippen LogP contribution in [0.5, 0.6) is 5.75 Å². The van der Waals surface area contributed by atoms with Gasteiger partial charge in [-0.1, -0.05) is 42.0 Å². The van der Waals surface area contributed by atoms with E-state index >= 15 is 0 Å². The molecular weight excluding hydrogens is 282 g/mol. The van der Waals surface area contributed by atoms with E-state index in [4.69, 9.17) is 9.47 Å². The van der Waals surface area contributed by atoms with Gasteiger partial charge in [0.15, 0.2) is 0 Å². The number of ether oxygens (including phenoxy) is 2. The van der Waals surface area contributed by atoms with Crippen molar-refractivity contribution in [1.29, 1.82) is 0 Å². The van der Waals surface area contributed by atoms with E-state index in [1.54, 1.807) is 12.1 Å². The highest BCUT2D eigenvalue weighted by molar-refractivity contribution is 5.82. The Bertz CT molecular complexity index is 698. The van der Waals surface area contributed by atoms with Crippen LogP contribution in [0.3, 0.4) is 0 Å². The third-order valence-corrected chi connectivity index (χ3v) is 3.73. The smallest absolute Gasteiger partial charge is 0.381 e. The fourth-order valence-corrected chi connectivity index (χ4v) is 2.53. The number of fused-ring (bicyclic) bond motifs is 1. The average molecular weight is 299 g/mol. The van der Waals surface area contributed by atoms with Crippen molar-refractivity contribution in [2.75, 3.05) is 12.4 Å². The number of hydrogen-bond donors (Lipinski definition) is 2. The first kappa shape index (κ1) is 14.4. The number of aliphatic hydroxyl groups is 1. The van der Waals surface area contributed by atoms with E-state index < -0.39 is 17.8 Å². The van der Waals surface area contributed by atoms with Crippen LogP contribution in [-0.2, 0) is 9.53 Å². The van der Waals surface area contributed by atoms with Gasteiger partial charge in [-0.05, 0) is 24.6 Å². The third kappa shape index (κ3) is 2.29. The predicted octanol–water partition coefficient (Wildman–Crippen LogP) is 2.40. The van der Waals surface area contributed by atoms with Crippen LogP contribution in [0.4, 0.5) is 5.69 Å². The van der Waals surface area contributed by atoms with Gasteiger partial charge in [-0.2, -0.15) is 0 Å². The number of aryl methyl sites for hydroxylation is 1. The van der Waals surface area contributed by atoms with Gasteiger partial charge in [0.05, 0.1) is 12.8 Å². The van der Waals surface area contributed by atoms with Crippen molar-refractivity contribution in [1.82, 2.24) is 0 Å². The lowest BCUT2D eigenvalue weighted by Gasteiger charge is -2.39. The van der Waals surface area contributed by atoms with Crippen molar-refractivity contribution in [2.45, 2.75) is 18.8 Å². The maximum Gasteiger partial charge on any atom is 0.381 e. The number of rotatable bonds is 2. The number of hydrogen-bond acceptors (Lipinski definition) is 5. The summed E-state index contributed by atoms with van der Waals surface area (Å²) in [4.78, 5) is 12.1. The number of anilines is 1. The van der Waals surface area contributed by atoms with Crippen LogP contribution in [0.25, 0.3) is 0 Å². The summed E-state index contributed by atoms with van der Waals surface area (Å²) in [6, 6.07) is 13.9. The predicted molar refractivity (Wildman–Crippen MR) is 81.6 cm³/mol. The summed E-state index contributed by atoms with van der Waals surface area (Å²) in [7, 11) is 1.22. The Kier molecular flexibility index (Phi) is 3.50. The van der Waals surface area contributed by atoms with Gasteiger partial charge in [0, 0.05) is 0 Å². The lowest BCUT2D eigenvalue weighted by molar-refractivity contribution is -0.204. The largest absolute Gasteiger partial charge is 0.464 e. The SMILES string of the molecule is COC(=O)C1(O)Oc2ccccc2NC1c1ccc(C)cc1. The Labute approximate surface area is 128 Å². The first-order valence-electron chi connectivity index (χ1n) is 6.96. The molecule has 1 aliphatic heterocycles. The number of benzene rings is 2. The lowest BCUT2D eigenvalue weighted by atomic mass is 9.95. The Morgan fingerprint density at radius 1 is 1.23 bits per heavy atom. The maximum atomic E-state index is 12.1. The Hall–Kier alpha value is -2.53. The molecule has 3 rings (SSSR count). The monoisotopic (exact) mass is 299 g/mol. The van der Waals surface area contributed by atoms with Crippen molar-refractivity contribution in [2.24, 2.45) is 0 Å². The van der Waals surface area contributed by atoms with Crippen molar-refractivity contribution in [3.05, 3.63) is 59.7 Å². The number of methoxy groups -OCH3 is 1. The van der Waals surface area contributed by atoms with Crippen LogP contribution in [-0.4, -0.2) is 24.0 Å². The van der Waals surface area contributed by atoms with Gasteiger partial charge in [-0.3, -0.25) is 0 Å². The number of nitrogens with one attached hydrogen (secondary N) is 1. The van der Waals surface area contributed by atoms with Crippen LogP contribution in [0, 0.1) is 6.92 Å². The molecule has 0 radical (unpaired) electrons. The molecule has 2 unspecified atom stereocenters. The van der Waals surface area contributed by atoms with Crippen molar-refractivity contribution >= 4 is 11.7 Å². The molecule has 1 heterocycles. The summed E-state index contributed by atoms with van der Waals surface area (Å²) in [5.41, 5.74) is 2.53. The standard InChI is InChI=1S/C17H17NO4/c1-11-7-9-12(10-8-11)15-17(20,16(19)21-2)22-14-6-4-3-5-13(14)18-15/h3-10,15,18,20H,1-2H3. The first-order valence-corrected chi connectivity index (χ1v) is 6.96. The van der Waals surface area contributed by atoms with Gasteiger partial charge in [-0.25, -0.2) is 4.79 Å². The first-order chi connectivity index (χ1) is 10.5. The normalized spacial score (nSPS) is 23.0. The van der Waals surface area contributed by atoms with Crippen LogP contribution in [0.1, 0.15) is 17.2 Å². The maximum absolute atomic E-state index is 12.1. The minimum Gasteiger partial charge on any atom is -0.464 e. The molecule has 0 amide bonds. The fourth-order valence-electron chi connectivity index (χ4n) is 2.53. The van der Waals surface area contributed by atoms with Crippen LogP contribution >= 0.6 is 0 Å². The molecule has 0 saturated carbocycles. The van der Waals surface area contributed by atoms with E-state index in [-0.39, 0.29) is 0 Å². The number of para-hydroxylation sites is 2. The molecule has 5 heteroatoms. The molecule has 114 valence electrons. The van der Waals surface area contributed by atoms with Gasteiger partial charge in [0.25, 0.3) is 0 Å². The van der Waals surface area contributed by atoms with Gasteiger partial charge < -0.3 is 19.9 Å². The van der Waals surface area contributed by atoms with Crippen LogP contribution in [0.2, 0.25) is 0 Å². The molecule has 0 saturated heterocycles. The second-order valence-electron chi connectivity index (χ2n) is 5.27. The molecule has 1 aliphatic rings. The molecule has 2 atom stereocenters. The zero-order valence-electron chi connectivity index (χ0n) is 12.4. The zero-order chi connectivity index (χ0) is 15.7. The van der Waals surface area contributed by atoms with E-state index in [1.807, 2.05) is 43.3 Å². The van der Waals surface area contributed by atoms with E-state index in [0.29, 0.717) is 11.4 Å². The van der Waals surface area contributed by atoms with Crippen LogP contribution in [0.15, 0.2) is 48.5 Å². The molecule has 0 bridgehead atoms. The molecule has 0 aromatic heterocycles. The topological polar surface area (TPSA) is 67.8 Å². The van der Waals surface area contributed by atoms with Gasteiger partial charge in [0.1, 0.15) is 11.8 Å². The highest BCUT2D eigenvalue weighted by Crippen LogP contribution is 2.42. The van der Waals surface area contributed by atoms with Crippen molar-refractivity contribution in [3.8, 4) is 5.75 Å². The molecule has 0 fully saturated rings. The summed E-state index contributed by atoms with van der Waals surface area (Å²) in [5, 5.41) is 14.0. The van der Waals surface area contributed by atoms with E-state index in [9.17, 15) is 9.90 Å². The number of carbonyl (C=O) groups is 1. The summed E-state index contributed by atoms with van der Waals surface area (Å²) >= 11 is 0. The summed E-state index contributed by atoms with van der Waals surface area (Å²) in [6.07, 6.45) is 0. The Morgan fingerprint density at radius 3 is 2.59 bits per heavy atom. The summed E-state index contributed by atoms with van der Waals surface area (Å²) in [6.45, 7) is 1.97. The van der Waals surface area contributed by atoms with Crippen molar-refractivity contribution in [3.63, 3.8) is 0 Å². The highest BCUT2D eigenvalue weighted by Gasteiger charge is 2.52. The molecule has 0 aliphatic carbocycles. The number of esters is 1. The third-order valence-electron chi connectivity index (χ3n) is 3.73. The van der Waals surface area contributed by atoms with E-state index in [0.717, 1.165) is 11.1 Å². The quantitative estimate of drug-likeness (QED) is 0.834. The molecule has 2 aromatic rings. The molecule has 22 heavy (non-hydrogen) atoms. The highest BCUT2D eigenvalue weighted by atomic mass is 16.7. The minimum atomic E-state index is -2.13. The van der Waals surface area contributed by atoms with Crippen molar-refractivity contribution < 1.29 is 19.4 Å².